The van der Waals surface area contributed by atoms with E-state index in [0.29, 0.717) is 17.3 Å². The second-order valence-corrected chi connectivity index (χ2v) is 6.90. The number of thiocarbonyl (C=S) groups is 1. The van der Waals surface area contributed by atoms with Crippen LogP contribution in [0.3, 0.4) is 0 Å². The molecule has 2 rings (SSSR count). The van der Waals surface area contributed by atoms with E-state index < -0.39 is 0 Å². The molecule has 126 valence electrons. The van der Waals surface area contributed by atoms with Crippen LogP contribution in [0.2, 0.25) is 0 Å². The molecule has 1 aliphatic heterocycles. The van der Waals surface area contributed by atoms with Crippen molar-refractivity contribution in [3.05, 3.63) is 28.2 Å². The monoisotopic (exact) mass is 398 g/mol. The highest BCUT2D eigenvalue weighted by molar-refractivity contribution is 9.10. The Balaban J connectivity index is 1.96. The highest BCUT2D eigenvalue weighted by Crippen LogP contribution is 2.26. The van der Waals surface area contributed by atoms with Crippen LogP contribution >= 0.6 is 28.1 Å². The highest BCUT2D eigenvalue weighted by Gasteiger charge is 2.16. The van der Waals surface area contributed by atoms with Crippen molar-refractivity contribution in [2.24, 2.45) is 0 Å². The minimum Gasteiger partial charge on any atom is -0.492 e. The molecule has 0 atom stereocenters. The van der Waals surface area contributed by atoms with Crippen LogP contribution in [-0.4, -0.2) is 35.6 Å². The van der Waals surface area contributed by atoms with Crippen LogP contribution in [-0.2, 0) is 0 Å². The molecule has 23 heavy (non-hydrogen) atoms. The Labute approximate surface area is 151 Å². The Morgan fingerprint density at radius 2 is 2.00 bits per heavy atom. The van der Waals surface area contributed by atoms with Gasteiger partial charge in [0.2, 0.25) is 0 Å². The Morgan fingerprint density at radius 3 is 2.61 bits per heavy atom. The van der Waals surface area contributed by atoms with Gasteiger partial charge in [-0.3, -0.25) is 10.1 Å². The Morgan fingerprint density at radius 1 is 1.30 bits per heavy atom. The summed E-state index contributed by atoms with van der Waals surface area (Å²) >= 11 is 8.83. The van der Waals surface area contributed by atoms with Crippen LogP contribution in [0, 0.1) is 0 Å². The van der Waals surface area contributed by atoms with Crippen molar-refractivity contribution >= 4 is 39.2 Å². The van der Waals surface area contributed by atoms with E-state index in [2.05, 4.69) is 33.1 Å². The number of benzene rings is 1. The van der Waals surface area contributed by atoms with Gasteiger partial charge in [0.15, 0.2) is 5.11 Å². The average Bonchev–Trinajstić information content (AvgIpc) is 2.83. The van der Waals surface area contributed by atoms with Crippen LogP contribution in [0.5, 0.6) is 5.75 Å². The second kappa shape index (κ2) is 9.23. The zero-order chi connectivity index (χ0) is 16.7. The summed E-state index contributed by atoms with van der Waals surface area (Å²) < 4.78 is 6.38. The van der Waals surface area contributed by atoms with E-state index in [-0.39, 0.29) is 5.91 Å². The average molecular weight is 399 g/mol. The number of amides is 1. The molecule has 1 heterocycles. The zero-order valence-electron chi connectivity index (χ0n) is 13.4. The van der Waals surface area contributed by atoms with E-state index in [9.17, 15) is 4.79 Å². The fraction of sp³-hybridized carbons (Fsp3) is 0.529. The number of carbonyl (C=O) groups is 1. The van der Waals surface area contributed by atoms with Gasteiger partial charge < -0.3 is 9.64 Å². The predicted octanol–water partition coefficient (Wildman–Crippen LogP) is 4.13. The Bertz CT molecular complexity index is 558. The third-order valence-corrected chi connectivity index (χ3v) is 4.75. The van der Waals surface area contributed by atoms with Crippen molar-refractivity contribution in [3.8, 4) is 5.75 Å². The zero-order valence-corrected chi connectivity index (χ0v) is 15.8. The molecule has 0 radical (unpaired) electrons. The summed E-state index contributed by atoms with van der Waals surface area (Å²) in [6.07, 6.45) is 5.67. The molecule has 1 fully saturated rings. The lowest BCUT2D eigenvalue weighted by Gasteiger charge is -2.23. The topological polar surface area (TPSA) is 41.6 Å². The minimum atomic E-state index is -0.179. The van der Waals surface area contributed by atoms with Gasteiger partial charge in [0, 0.05) is 18.7 Å². The molecule has 0 bridgehead atoms. The predicted molar refractivity (Wildman–Crippen MR) is 100 cm³/mol. The molecule has 1 aromatic rings. The maximum absolute atomic E-state index is 12.4. The molecule has 1 aromatic carbocycles. The lowest BCUT2D eigenvalue weighted by Crippen LogP contribution is -2.43. The van der Waals surface area contributed by atoms with Crippen molar-refractivity contribution in [3.63, 3.8) is 0 Å². The number of hydrogen-bond donors (Lipinski definition) is 1. The van der Waals surface area contributed by atoms with Crippen molar-refractivity contribution < 1.29 is 9.53 Å². The fourth-order valence-corrected chi connectivity index (χ4v) is 3.26. The van der Waals surface area contributed by atoms with Crippen molar-refractivity contribution in [2.75, 3.05) is 19.7 Å². The summed E-state index contributed by atoms with van der Waals surface area (Å²) in [4.78, 5) is 14.5. The van der Waals surface area contributed by atoms with Crippen LogP contribution in [0.25, 0.3) is 0 Å². The minimum absolute atomic E-state index is 0.179. The molecule has 0 aromatic heterocycles. The molecule has 1 saturated heterocycles. The van der Waals surface area contributed by atoms with Crippen molar-refractivity contribution in [1.82, 2.24) is 10.2 Å². The number of rotatable bonds is 4. The molecular weight excluding hydrogens is 376 g/mol. The number of halogens is 1. The van der Waals surface area contributed by atoms with E-state index in [1.54, 1.807) is 12.1 Å². The standard InChI is InChI=1S/C17H23BrN2O2S/c1-2-11-22-15-8-7-13(12-14(15)18)16(21)19-17(23)20-9-5-3-4-6-10-20/h7-8,12H,2-6,9-11H2,1H3,(H,19,21,23). The van der Waals surface area contributed by atoms with Gasteiger partial charge in [0.05, 0.1) is 11.1 Å². The lowest BCUT2D eigenvalue weighted by atomic mass is 10.2. The van der Waals surface area contributed by atoms with E-state index in [1.165, 1.54) is 12.8 Å². The normalized spacial score (nSPS) is 15.0. The summed E-state index contributed by atoms with van der Waals surface area (Å²) in [5.74, 6) is 0.570. The smallest absolute Gasteiger partial charge is 0.257 e. The van der Waals surface area contributed by atoms with Gasteiger partial charge in [0.25, 0.3) is 5.91 Å². The number of nitrogens with one attached hydrogen (secondary N) is 1. The number of hydrogen-bond acceptors (Lipinski definition) is 3. The molecule has 0 saturated carbocycles. The third kappa shape index (κ3) is 5.46. The summed E-state index contributed by atoms with van der Waals surface area (Å²) in [7, 11) is 0. The van der Waals surface area contributed by atoms with Gasteiger partial charge in [-0.2, -0.15) is 0 Å². The highest BCUT2D eigenvalue weighted by atomic mass is 79.9. The summed E-state index contributed by atoms with van der Waals surface area (Å²) in [6.45, 7) is 4.56. The van der Waals surface area contributed by atoms with Crippen molar-refractivity contribution in [2.45, 2.75) is 39.0 Å². The molecule has 0 aliphatic carbocycles. The number of ether oxygens (including phenoxy) is 1. The van der Waals surface area contributed by atoms with Gasteiger partial charge in [-0.1, -0.05) is 19.8 Å². The van der Waals surface area contributed by atoms with Crippen LogP contribution in [0.4, 0.5) is 0 Å². The third-order valence-electron chi connectivity index (χ3n) is 3.77. The molecule has 4 nitrogen and oxygen atoms in total. The Kier molecular flexibility index (Phi) is 7.30. The van der Waals surface area contributed by atoms with Gasteiger partial charge >= 0.3 is 0 Å². The molecule has 0 spiro atoms. The summed E-state index contributed by atoms with van der Waals surface area (Å²) in [5, 5.41) is 3.37. The van der Waals surface area contributed by atoms with E-state index in [4.69, 9.17) is 17.0 Å². The summed E-state index contributed by atoms with van der Waals surface area (Å²) in [6, 6.07) is 5.34. The maximum Gasteiger partial charge on any atom is 0.257 e. The molecule has 1 N–H and O–H groups in total. The van der Waals surface area contributed by atoms with Gasteiger partial charge in [0.1, 0.15) is 5.75 Å². The first-order chi connectivity index (χ1) is 11.1. The summed E-state index contributed by atoms with van der Waals surface area (Å²) in [5.41, 5.74) is 0.567. The van der Waals surface area contributed by atoms with Crippen LogP contribution in [0.1, 0.15) is 49.4 Å². The fourth-order valence-electron chi connectivity index (χ4n) is 2.49. The van der Waals surface area contributed by atoms with Gasteiger partial charge in [-0.15, -0.1) is 0 Å². The molecule has 1 aliphatic rings. The van der Waals surface area contributed by atoms with Gasteiger partial charge in [-0.25, -0.2) is 0 Å². The largest absolute Gasteiger partial charge is 0.492 e. The molecule has 1 amide bonds. The van der Waals surface area contributed by atoms with E-state index in [1.807, 2.05) is 6.07 Å². The maximum atomic E-state index is 12.4. The first-order valence-corrected chi connectivity index (χ1v) is 9.34. The molecule has 6 heteroatoms. The first kappa shape index (κ1) is 18.2. The number of nitrogens with zero attached hydrogens (tertiary/aromatic N) is 1. The quantitative estimate of drug-likeness (QED) is 0.774. The van der Waals surface area contributed by atoms with E-state index in [0.717, 1.165) is 42.6 Å². The van der Waals surface area contributed by atoms with E-state index >= 15 is 0 Å². The number of likely N-dealkylation sites (tertiary alicyclic amines) is 1. The lowest BCUT2D eigenvalue weighted by molar-refractivity contribution is 0.0973. The Hall–Kier alpha value is -1.14. The van der Waals surface area contributed by atoms with Crippen LogP contribution < -0.4 is 10.1 Å². The van der Waals surface area contributed by atoms with Gasteiger partial charge in [-0.05, 0) is 65.6 Å². The number of carbonyl (C=O) groups excluding carboxylic acids is 1. The van der Waals surface area contributed by atoms with Crippen molar-refractivity contribution in [1.29, 1.82) is 0 Å². The van der Waals surface area contributed by atoms with Crippen LogP contribution in [0.15, 0.2) is 22.7 Å². The molecular formula is C17H23BrN2O2S. The molecule has 0 unspecified atom stereocenters. The SMILES string of the molecule is CCCOc1ccc(C(=O)NC(=S)N2CCCCCC2)cc1Br. The second-order valence-electron chi connectivity index (χ2n) is 5.65. The first-order valence-electron chi connectivity index (χ1n) is 8.14.